The van der Waals surface area contributed by atoms with E-state index >= 15 is 0 Å². The Morgan fingerprint density at radius 3 is 2.45 bits per heavy atom. The first-order valence-corrected chi connectivity index (χ1v) is 8.00. The predicted molar refractivity (Wildman–Crippen MR) is 79.5 cm³/mol. The van der Waals surface area contributed by atoms with Gasteiger partial charge in [-0.2, -0.15) is 4.39 Å². The van der Waals surface area contributed by atoms with E-state index in [9.17, 15) is 14.0 Å². The molecule has 20 heavy (non-hydrogen) atoms. The normalized spacial score (nSPS) is 16.6. The number of rotatable bonds is 4. The van der Waals surface area contributed by atoms with E-state index in [1.54, 1.807) is 6.92 Å². The smallest absolute Gasteiger partial charge is 0.335 e. The van der Waals surface area contributed by atoms with E-state index in [0.29, 0.717) is 18.5 Å². The highest BCUT2D eigenvalue weighted by Gasteiger charge is 2.35. The molecular formula is C11H18Cl2FN3O2S. The average molecular weight is 346 g/mol. The summed E-state index contributed by atoms with van der Waals surface area (Å²) in [6.07, 6.45) is 4.44. The van der Waals surface area contributed by atoms with Crippen molar-refractivity contribution in [2.75, 3.05) is 6.54 Å². The lowest BCUT2D eigenvalue weighted by Gasteiger charge is -2.33. The van der Waals surface area contributed by atoms with Crippen molar-refractivity contribution in [3.63, 3.8) is 0 Å². The van der Waals surface area contributed by atoms with Gasteiger partial charge in [-0.1, -0.05) is 42.5 Å². The van der Waals surface area contributed by atoms with E-state index in [0.717, 1.165) is 36.4 Å². The van der Waals surface area contributed by atoms with Gasteiger partial charge in [-0.15, -0.1) is 0 Å². The Kier molecular flexibility index (Phi) is 7.19. The first-order valence-electron chi connectivity index (χ1n) is 6.47. The number of nitrogens with zero attached hydrogens (tertiary/aromatic N) is 1. The maximum atomic E-state index is 13.4. The van der Waals surface area contributed by atoms with Gasteiger partial charge in [0, 0.05) is 24.5 Å². The number of nitrogens with one attached hydrogen (secondary N) is 2. The standard InChI is InChI=1S/C11H18Cl2FN3O2S/c1-2-15-9(18)16-10(19)17(20-11(12,13)14)8-6-4-3-5-7-8/h8H,2-7H2,1H3,(H2,15,16,18,19). The van der Waals surface area contributed by atoms with Crippen LogP contribution in [0, 0.1) is 0 Å². The molecule has 116 valence electrons. The lowest BCUT2D eigenvalue weighted by atomic mass is 9.96. The zero-order valence-corrected chi connectivity index (χ0v) is 13.5. The zero-order valence-electron chi connectivity index (χ0n) is 11.1. The third-order valence-electron chi connectivity index (χ3n) is 2.87. The van der Waals surface area contributed by atoms with Gasteiger partial charge in [-0.3, -0.25) is 9.62 Å². The van der Waals surface area contributed by atoms with Crippen LogP contribution in [0.1, 0.15) is 39.0 Å². The summed E-state index contributed by atoms with van der Waals surface area (Å²) < 4.78 is 11.9. The molecule has 0 aromatic carbocycles. The van der Waals surface area contributed by atoms with Crippen molar-refractivity contribution in [1.82, 2.24) is 14.9 Å². The Morgan fingerprint density at radius 1 is 1.35 bits per heavy atom. The number of alkyl halides is 3. The lowest BCUT2D eigenvalue weighted by Crippen LogP contribution is -2.48. The first kappa shape index (κ1) is 17.7. The fourth-order valence-corrected chi connectivity index (χ4v) is 3.22. The van der Waals surface area contributed by atoms with Crippen LogP contribution in [-0.4, -0.2) is 32.9 Å². The lowest BCUT2D eigenvalue weighted by molar-refractivity contribution is 0.201. The molecule has 5 nitrogen and oxygen atoms in total. The second-order valence-corrected chi connectivity index (χ2v) is 7.27. The van der Waals surface area contributed by atoms with Crippen molar-refractivity contribution < 1.29 is 14.0 Å². The van der Waals surface area contributed by atoms with Crippen LogP contribution in [0.2, 0.25) is 0 Å². The summed E-state index contributed by atoms with van der Waals surface area (Å²) in [6, 6.07) is -1.53. The predicted octanol–water partition coefficient (Wildman–Crippen LogP) is 3.77. The van der Waals surface area contributed by atoms with E-state index in [2.05, 4.69) is 10.6 Å². The number of hydrogen-bond donors (Lipinski definition) is 2. The third kappa shape index (κ3) is 6.37. The Bertz CT molecular complexity index is 349. The van der Waals surface area contributed by atoms with Gasteiger partial charge in [0.2, 0.25) is 0 Å². The fraction of sp³-hybridized carbons (Fsp3) is 0.818. The van der Waals surface area contributed by atoms with Crippen molar-refractivity contribution in [3.8, 4) is 0 Å². The van der Waals surface area contributed by atoms with E-state index in [1.165, 1.54) is 0 Å². The molecule has 1 saturated carbocycles. The van der Waals surface area contributed by atoms with Gasteiger partial charge in [0.1, 0.15) is 0 Å². The van der Waals surface area contributed by atoms with Crippen LogP contribution < -0.4 is 10.6 Å². The summed E-state index contributed by atoms with van der Waals surface area (Å²) in [5, 5.41) is 4.56. The molecule has 0 aromatic rings. The number of halogens is 3. The molecule has 2 N–H and O–H groups in total. The maximum Gasteiger partial charge on any atom is 0.335 e. The topological polar surface area (TPSA) is 61.4 Å². The number of amides is 4. The molecule has 0 unspecified atom stereocenters. The van der Waals surface area contributed by atoms with Crippen molar-refractivity contribution in [3.05, 3.63) is 0 Å². The molecule has 1 aliphatic carbocycles. The van der Waals surface area contributed by atoms with Gasteiger partial charge in [-0.05, 0) is 19.8 Å². The molecule has 1 rings (SSSR count). The summed E-state index contributed by atoms with van der Waals surface area (Å²) >= 11 is 11.0. The largest absolute Gasteiger partial charge is 0.338 e. The molecular weight excluding hydrogens is 328 g/mol. The minimum absolute atomic E-state index is 0.184. The second kappa shape index (κ2) is 8.14. The molecule has 0 atom stereocenters. The summed E-state index contributed by atoms with van der Waals surface area (Å²) in [6.45, 7) is 2.11. The molecule has 0 spiro atoms. The van der Waals surface area contributed by atoms with Gasteiger partial charge in [0.25, 0.3) is 0 Å². The Morgan fingerprint density at radius 2 is 1.95 bits per heavy atom. The summed E-state index contributed by atoms with van der Waals surface area (Å²) in [5.41, 5.74) is 0. The monoisotopic (exact) mass is 345 g/mol. The summed E-state index contributed by atoms with van der Waals surface area (Å²) in [4.78, 5) is 23.4. The van der Waals surface area contributed by atoms with Crippen LogP contribution in [0.4, 0.5) is 14.0 Å². The Balaban J connectivity index is 2.70. The van der Waals surface area contributed by atoms with Crippen molar-refractivity contribution >= 4 is 47.2 Å². The Hall–Kier alpha value is -0.400. The second-order valence-electron chi connectivity index (χ2n) is 4.44. The van der Waals surface area contributed by atoms with Gasteiger partial charge in [0.15, 0.2) is 0 Å². The quantitative estimate of drug-likeness (QED) is 0.602. The summed E-state index contributed by atoms with van der Waals surface area (Å²) in [5.74, 6) is 0. The maximum absolute atomic E-state index is 13.4. The van der Waals surface area contributed by atoms with Crippen LogP contribution in [0.15, 0.2) is 0 Å². The van der Waals surface area contributed by atoms with Gasteiger partial charge >= 0.3 is 16.0 Å². The molecule has 1 aliphatic rings. The number of urea groups is 2. The SMILES string of the molecule is CCNC(=O)NC(=O)N(SC(F)(Cl)Cl)C1CCCCC1. The van der Waals surface area contributed by atoms with Crippen LogP contribution >= 0.6 is 35.1 Å². The van der Waals surface area contributed by atoms with Crippen LogP contribution in [0.25, 0.3) is 0 Å². The minimum Gasteiger partial charge on any atom is -0.338 e. The molecule has 0 aliphatic heterocycles. The van der Waals surface area contributed by atoms with E-state index < -0.39 is 16.0 Å². The molecule has 0 heterocycles. The summed E-state index contributed by atoms with van der Waals surface area (Å²) in [7, 11) is 0. The van der Waals surface area contributed by atoms with Crippen LogP contribution in [0.3, 0.4) is 0 Å². The van der Waals surface area contributed by atoms with Gasteiger partial charge in [-0.25, -0.2) is 9.59 Å². The van der Waals surface area contributed by atoms with Gasteiger partial charge in [0.05, 0.1) is 0 Å². The van der Waals surface area contributed by atoms with Crippen molar-refractivity contribution in [1.29, 1.82) is 0 Å². The van der Waals surface area contributed by atoms with Crippen molar-refractivity contribution in [2.45, 2.75) is 49.0 Å². The average Bonchev–Trinajstić information content (AvgIpc) is 2.36. The van der Waals surface area contributed by atoms with E-state index in [4.69, 9.17) is 23.2 Å². The zero-order chi connectivity index (χ0) is 15.2. The highest BCUT2D eigenvalue weighted by Crippen LogP contribution is 2.41. The molecule has 4 amide bonds. The number of carbonyl (C=O) groups is 2. The first-order chi connectivity index (χ1) is 9.33. The highest BCUT2D eigenvalue weighted by atomic mass is 35.5. The van der Waals surface area contributed by atoms with Crippen LogP contribution in [-0.2, 0) is 0 Å². The fourth-order valence-electron chi connectivity index (χ4n) is 2.07. The molecule has 0 aromatic heterocycles. The molecule has 0 radical (unpaired) electrons. The third-order valence-corrected chi connectivity index (χ3v) is 4.15. The molecule has 9 heteroatoms. The number of imide groups is 1. The highest BCUT2D eigenvalue weighted by molar-refractivity contribution is 8.01. The molecule has 0 bridgehead atoms. The number of hydrogen-bond acceptors (Lipinski definition) is 3. The van der Waals surface area contributed by atoms with Gasteiger partial charge < -0.3 is 5.32 Å². The van der Waals surface area contributed by atoms with Crippen LogP contribution in [0.5, 0.6) is 0 Å². The van der Waals surface area contributed by atoms with Crippen molar-refractivity contribution in [2.24, 2.45) is 0 Å². The molecule has 0 saturated heterocycles. The Labute approximate surface area is 132 Å². The van der Waals surface area contributed by atoms with E-state index in [1.807, 2.05) is 0 Å². The molecule has 1 fully saturated rings. The number of carbonyl (C=O) groups excluding carboxylic acids is 2. The van der Waals surface area contributed by atoms with E-state index in [-0.39, 0.29) is 6.04 Å². The minimum atomic E-state index is -2.62.